The fourth-order valence-electron chi connectivity index (χ4n) is 2.68. The van der Waals surface area contributed by atoms with Gasteiger partial charge in [0.25, 0.3) is 0 Å². The van der Waals surface area contributed by atoms with Crippen LogP contribution in [-0.2, 0) is 0 Å². The van der Waals surface area contributed by atoms with E-state index >= 15 is 0 Å². The van der Waals surface area contributed by atoms with Crippen LogP contribution < -0.4 is 10.6 Å². The van der Waals surface area contributed by atoms with Crippen molar-refractivity contribution in [2.24, 2.45) is 11.7 Å². The highest BCUT2D eigenvalue weighted by Crippen LogP contribution is 2.30. The van der Waals surface area contributed by atoms with Gasteiger partial charge in [-0.05, 0) is 37.3 Å². The van der Waals surface area contributed by atoms with Crippen molar-refractivity contribution in [3.63, 3.8) is 0 Å². The van der Waals surface area contributed by atoms with Crippen molar-refractivity contribution in [3.05, 3.63) is 23.9 Å². The summed E-state index contributed by atoms with van der Waals surface area (Å²) < 4.78 is 0. The van der Waals surface area contributed by atoms with Gasteiger partial charge in [0, 0.05) is 45.0 Å². The second-order valence-corrected chi connectivity index (χ2v) is 5.97. The molecule has 1 aromatic heterocycles. The fourth-order valence-corrected chi connectivity index (χ4v) is 2.68. The average Bonchev–Trinajstić information content (AvgIpc) is 3.24. The van der Waals surface area contributed by atoms with Crippen molar-refractivity contribution in [3.8, 4) is 0 Å². The molecule has 0 radical (unpaired) electrons. The first-order valence-electron chi connectivity index (χ1n) is 7.41. The minimum Gasteiger partial charge on any atom is -0.354 e. The van der Waals surface area contributed by atoms with Gasteiger partial charge in [0.2, 0.25) is 0 Å². The summed E-state index contributed by atoms with van der Waals surface area (Å²) in [5.74, 6) is 2.09. The first kappa shape index (κ1) is 12.9. The quantitative estimate of drug-likeness (QED) is 0.894. The van der Waals surface area contributed by atoms with Crippen molar-refractivity contribution in [2.75, 3.05) is 37.6 Å². The molecule has 2 heterocycles. The van der Waals surface area contributed by atoms with Gasteiger partial charge in [-0.3, -0.25) is 4.90 Å². The monoisotopic (exact) mass is 260 g/mol. The smallest absolute Gasteiger partial charge is 0.128 e. The van der Waals surface area contributed by atoms with Crippen LogP contribution in [-0.4, -0.2) is 42.6 Å². The number of piperazine rings is 1. The third-order valence-electron chi connectivity index (χ3n) is 4.21. The highest BCUT2D eigenvalue weighted by Gasteiger charge is 2.26. The molecule has 0 spiro atoms. The molecule has 0 unspecified atom stereocenters. The van der Waals surface area contributed by atoms with E-state index in [0.717, 1.165) is 30.4 Å². The molecule has 104 valence electrons. The van der Waals surface area contributed by atoms with Crippen LogP contribution >= 0.6 is 0 Å². The lowest BCUT2D eigenvalue weighted by Gasteiger charge is -2.35. The SMILES string of the molecule is C[C@H](N)c1ccc(N2CCN(CC3CC3)CC2)nc1. The molecule has 1 saturated carbocycles. The van der Waals surface area contributed by atoms with E-state index in [4.69, 9.17) is 5.73 Å². The minimum atomic E-state index is 0.0666. The van der Waals surface area contributed by atoms with Gasteiger partial charge in [-0.2, -0.15) is 0 Å². The maximum absolute atomic E-state index is 5.85. The Morgan fingerprint density at radius 1 is 1.26 bits per heavy atom. The molecule has 1 atom stereocenters. The maximum Gasteiger partial charge on any atom is 0.128 e. The number of rotatable bonds is 4. The van der Waals surface area contributed by atoms with Crippen molar-refractivity contribution in [1.82, 2.24) is 9.88 Å². The largest absolute Gasteiger partial charge is 0.354 e. The Balaban J connectivity index is 1.55. The van der Waals surface area contributed by atoms with Gasteiger partial charge in [-0.1, -0.05) is 6.07 Å². The van der Waals surface area contributed by atoms with Crippen LogP contribution in [0.3, 0.4) is 0 Å². The molecular weight excluding hydrogens is 236 g/mol. The van der Waals surface area contributed by atoms with Gasteiger partial charge < -0.3 is 10.6 Å². The molecule has 4 heteroatoms. The summed E-state index contributed by atoms with van der Waals surface area (Å²) in [6, 6.07) is 4.27. The molecular formula is C15H24N4. The summed E-state index contributed by atoms with van der Waals surface area (Å²) in [4.78, 5) is 9.53. The standard InChI is InChI=1S/C15H24N4/c1-12(16)14-4-5-15(17-10-14)19-8-6-18(7-9-19)11-13-2-3-13/h4-5,10,12-13H,2-3,6-9,11,16H2,1H3/t12-/m0/s1. The van der Waals surface area contributed by atoms with E-state index in [9.17, 15) is 0 Å². The minimum absolute atomic E-state index is 0.0666. The van der Waals surface area contributed by atoms with E-state index in [1.165, 1.54) is 32.5 Å². The molecule has 4 nitrogen and oxygen atoms in total. The van der Waals surface area contributed by atoms with E-state index in [0.29, 0.717) is 0 Å². The lowest BCUT2D eigenvalue weighted by atomic mass is 10.1. The molecule has 1 aromatic rings. The number of nitrogens with zero attached hydrogens (tertiary/aromatic N) is 3. The number of nitrogens with two attached hydrogens (primary N) is 1. The lowest BCUT2D eigenvalue weighted by molar-refractivity contribution is 0.247. The van der Waals surface area contributed by atoms with E-state index < -0.39 is 0 Å². The van der Waals surface area contributed by atoms with Crippen molar-refractivity contribution < 1.29 is 0 Å². The summed E-state index contributed by atoms with van der Waals surface area (Å²) in [6.07, 6.45) is 4.80. The third-order valence-corrected chi connectivity index (χ3v) is 4.21. The molecule has 0 bridgehead atoms. The Bertz CT molecular complexity index is 403. The second-order valence-electron chi connectivity index (χ2n) is 5.97. The molecule has 1 saturated heterocycles. The molecule has 0 aromatic carbocycles. The lowest BCUT2D eigenvalue weighted by Crippen LogP contribution is -2.47. The fraction of sp³-hybridized carbons (Fsp3) is 0.667. The third kappa shape index (κ3) is 3.25. The van der Waals surface area contributed by atoms with Gasteiger partial charge in [0.15, 0.2) is 0 Å². The Hall–Kier alpha value is -1.13. The molecule has 1 aliphatic carbocycles. The number of aromatic nitrogens is 1. The predicted octanol–water partition coefficient (Wildman–Crippen LogP) is 1.63. The van der Waals surface area contributed by atoms with Gasteiger partial charge in [0.1, 0.15) is 5.82 Å². The topological polar surface area (TPSA) is 45.4 Å². The Kier molecular flexibility index (Phi) is 3.71. The van der Waals surface area contributed by atoms with Gasteiger partial charge in [0.05, 0.1) is 0 Å². The summed E-state index contributed by atoms with van der Waals surface area (Å²) in [5.41, 5.74) is 6.96. The molecule has 2 N–H and O–H groups in total. The number of hydrogen-bond acceptors (Lipinski definition) is 4. The summed E-state index contributed by atoms with van der Waals surface area (Å²) >= 11 is 0. The molecule has 2 aliphatic rings. The zero-order chi connectivity index (χ0) is 13.2. The molecule has 1 aliphatic heterocycles. The second kappa shape index (κ2) is 5.47. The molecule has 2 fully saturated rings. The van der Waals surface area contributed by atoms with Crippen LogP contribution in [0.4, 0.5) is 5.82 Å². The van der Waals surface area contributed by atoms with Crippen LogP contribution in [0.15, 0.2) is 18.3 Å². The van der Waals surface area contributed by atoms with E-state index in [2.05, 4.69) is 26.9 Å². The van der Waals surface area contributed by atoms with Gasteiger partial charge in [-0.15, -0.1) is 0 Å². The van der Waals surface area contributed by atoms with Crippen LogP contribution in [0.25, 0.3) is 0 Å². The van der Waals surface area contributed by atoms with Crippen LogP contribution in [0.2, 0.25) is 0 Å². The zero-order valence-electron chi connectivity index (χ0n) is 11.8. The molecule has 0 amide bonds. The number of anilines is 1. The molecule has 3 rings (SSSR count). The van der Waals surface area contributed by atoms with Crippen LogP contribution in [0.5, 0.6) is 0 Å². The van der Waals surface area contributed by atoms with Crippen molar-refractivity contribution >= 4 is 5.82 Å². The van der Waals surface area contributed by atoms with Crippen molar-refractivity contribution in [2.45, 2.75) is 25.8 Å². The Morgan fingerprint density at radius 3 is 2.53 bits per heavy atom. The normalized spacial score (nSPS) is 22.5. The van der Waals surface area contributed by atoms with E-state index in [-0.39, 0.29) is 6.04 Å². The van der Waals surface area contributed by atoms with Gasteiger partial charge in [-0.25, -0.2) is 4.98 Å². The highest BCUT2D eigenvalue weighted by atomic mass is 15.3. The first-order valence-corrected chi connectivity index (χ1v) is 7.41. The van der Waals surface area contributed by atoms with Gasteiger partial charge >= 0.3 is 0 Å². The maximum atomic E-state index is 5.85. The number of hydrogen-bond donors (Lipinski definition) is 1. The summed E-state index contributed by atoms with van der Waals surface area (Å²) in [5, 5.41) is 0. The molecule has 19 heavy (non-hydrogen) atoms. The Labute approximate surface area is 115 Å². The predicted molar refractivity (Wildman–Crippen MR) is 78.2 cm³/mol. The number of pyridine rings is 1. The zero-order valence-corrected chi connectivity index (χ0v) is 11.8. The van der Waals surface area contributed by atoms with E-state index in [1.807, 2.05) is 13.1 Å². The van der Waals surface area contributed by atoms with Crippen LogP contribution in [0.1, 0.15) is 31.4 Å². The highest BCUT2D eigenvalue weighted by molar-refractivity contribution is 5.40. The summed E-state index contributed by atoms with van der Waals surface area (Å²) in [6.45, 7) is 7.84. The summed E-state index contributed by atoms with van der Waals surface area (Å²) in [7, 11) is 0. The first-order chi connectivity index (χ1) is 9.22. The van der Waals surface area contributed by atoms with Crippen molar-refractivity contribution in [1.29, 1.82) is 0 Å². The van der Waals surface area contributed by atoms with E-state index in [1.54, 1.807) is 0 Å². The van der Waals surface area contributed by atoms with Crippen LogP contribution in [0, 0.1) is 5.92 Å². The average molecular weight is 260 g/mol. The Morgan fingerprint density at radius 2 is 2.00 bits per heavy atom.